The van der Waals surface area contributed by atoms with Crippen LogP contribution in [0.1, 0.15) is 90.9 Å². The number of rotatable bonds is 16. The van der Waals surface area contributed by atoms with Gasteiger partial charge in [-0.05, 0) is 31.2 Å². The van der Waals surface area contributed by atoms with Crippen LogP contribution in [0.5, 0.6) is 0 Å². The fourth-order valence-corrected chi connectivity index (χ4v) is 3.71. The molecule has 1 heterocycles. The molecule has 6 heteroatoms. The molecule has 0 aromatic carbocycles. The van der Waals surface area contributed by atoms with Crippen molar-refractivity contribution in [3.63, 3.8) is 0 Å². The maximum absolute atomic E-state index is 12.3. The highest BCUT2D eigenvalue weighted by Crippen LogP contribution is 2.15. The van der Waals surface area contributed by atoms with Crippen LogP contribution in [-0.4, -0.2) is 59.7 Å². The van der Waals surface area contributed by atoms with Gasteiger partial charge < -0.3 is 4.90 Å². The van der Waals surface area contributed by atoms with E-state index < -0.39 is 17.8 Å². The maximum Gasteiger partial charge on any atom is 0.333 e. The molecular weight excluding hydrogens is 390 g/mol. The zero-order chi connectivity index (χ0) is 23.1. The Bertz CT molecular complexity index is 586. The lowest BCUT2D eigenvalue weighted by atomic mass is 10.1. The molecule has 0 radical (unpaired) electrons. The summed E-state index contributed by atoms with van der Waals surface area (Å²) in [6.07, 6.45) is 20.4. The Balaban J connectivity index is 2.64. The second-order valence-electron chi connectivity index (χ2n) is 8.50. The Labute approximate surface area is 189 Å². The highest BCUT2D eigenvalue weighted by molar-refractivity contribution is 6.28. The van der Waals surface area contributed by atoms with E-state index in [0.29, 0.717) is 0 Å². The summed E-state index contributed by atoms with van der Waals surface area (Å²) in [4.78, 5) is 40.7. The van der Waals surface area contributed by atoms with Crippen molar-refractivity contribution in [3.8, 4) is 0 Å². The summed E-state index contributed by atoms with van der Waals surface area (Å²) in [5.74, 6) is -1.09. The molecule has 0 unspecified atom stereocenters. The van der Waals surface area contributed by atoms with E-state index in [1.54, 1.807) is 12.2 Å². The first-order valence-corrected chi connectivity index (χ1v) is 12.2. The monoisotopic (exact) mass is 433 g/mol. The van der Waals surface area contributed by atoms with Gasteiger partial charge in [0.25, 0.3) is 11.8 Å². The molecule has 0 aliphatic carbocycles. The molecule has 4 amide bonds. The second-order valence-corrected chi connectivity index (χ2v) is 8.50. The van der Waals surface area contributed by atoms with Crippen LogP contribution in [0.4, 0.5) is 4.79 Å². The lowest BCUT2D eigenvalue weighted by Crippen LogP contribution is -2.52. The Morgan fingerprint density at radius 2 is 1.10 bits per heavy atom. The van der Waals surface area contributed by atoms with Gasteiger partial charge in [-0.1, -0.05) is 78.1 Å². The van der Waals surface area contributed by atoms with Gasteiger partial charge in [0, 0.05) is 27.2 Å². The number of hydrogen-bond donors (Lipinski definition) is 0. The van der Waals surface area contributed by atoms with Gasteiger partial charge in [0.15, 0.2) is 0 Å². The number of carbonyl (C=O) groups is 3. The van der Waals surface area contributed by atoms with Crippen LogP contribution < -0.4 is 0 Å². The zero-order valence-corrected chi connectivity index (χ0v) is 20.2. The summed E-state index contributed by atoms with van der Waals surface area (Å²) in [6, 6.07) is -0.594. The Hall–Kier alpha value is -2.11. The van der Waals surface area contributed by atoms with Gasteiger partial charge in [-0.3, -0.25) is 19.4 Å². The molecular formula is C25H43N3O3. The van der Waals surface area contributed by atoms with E-state index in [-0.39, 0.29) is 5.57 Å². The highest BCUT2D eigenvalue weighted by atomic mass is 16.2. The lowest BCUT2D eigenvalue weighted by molar-refractivity contribution is -0.134. The number of barbiturate groups is 1. The lowest BCUT2D eigenvalue weighted by Gasteiger charge is -2.28. The number of carbonyl (C=O) groups excluding carboxylic acids is 3. The topological polar surface area (TPSA) is 60.9 Å². The number of allylic oxidation sites excluding steroid dienone is 2. The number of unbranched alkanes of at least 4 members (excludes halogenated alkanes) is 10. The van der Waals surface area contributed by atoms with Crippen LogP contribution in [0.15, 0.2) is 23.9 Å². The van der Waals surface area contributed by atoms with Crippen molar-refractivity contribution >= 4 is 17.8 Å². The van der Waals surface area contributed by atoms with Crippen LogP contribution in [-0.2, 0) is 9.59 Å². The third kappa shape index (κ3) is 9.70. The van der Waals surface area contributed by atoms with E-state index >= 15 is 0 Å². The van der Waals surface area contributed by atoms with Gasteiger partial charge >= 0.3 is 6.03 Å². The summed E-state index contributed by atoms with van der Waals surface area (Å²) < 4.78 is 0. The predicted molar refractivity (Wildman–Crippen MR) is 126 cm³/mol. The average Bonchev–Trinajstić information content (AvgIpc) is 2.77. The average molecular weight is 434 g/mol. The second kappa shape index (κ2) is 15.7. The molecule has 31 heavy (non-hydrogen) atoms. The first-order valence-electron chi connectivity index (χ1n) is 12.2. The number of nitrogens with zero attached hydrogens (tertiary/aromatic N) is 3. The van der Waals surface area contributed by atoms with E-state index in [2.05, 4.69) is 18.7 Å². The highest BCUT2D eigenvalue weighted by Gasteiger charge is 2.37. The molecule has 1 aliphatic rings. The van der Waals surface area contributed by atoms with Crippen molar-refractivity contribution in [2.24, 2.45) is 0 Å². The Morgan fingerprint density at radius 3 is 1.55 bits per heavy atom. The standard InChI is InChI=1S/C25H43N3O3/c1-5-7-9-11-13-15-19-28(20-16-14-12-10-8-6-2)21-17-18-22-23(29)26(3)25(31)27(4)24(22)30/h17-18,21H,5-16,19-20H2,1-4H3/b21-17+. The van der Waals surface area contributed by atoms with Crippen LogP contribution in [0.2, 0.25) is 0 Å². The number of likely N-dealkylation sites (N-methyl/N-ethyl adjacent to an activating group) is 2. The smallest absolute Gasteiger partial charge is 0.333 e. The SMILES string of the molecule is CCCCCCCCN(/C=C/C=C1C(=O)N(C)C(=O)N(C)C1=O)CCCCCCCC. The van der Waals surface area contributed by atoms with Crippen molar-refractivity contribution in [2.45, 2.75) is 90.9 Å². The predicted octanol–water partition coefficient (Wildman–Crippen LogP) is 5.50. The number of amides is 4. The minimum absolute atomic E-state index is 0.0277. The normalized spacial score (nSPS) is 14.8. The number of hydrogen-bond acceptors (Lipinski definition) is 4. The van der Waals surface area contributed by atoms with Crippen LogP contribution in [0, 0.1) is 0 Å². The van der Waals surface area contributed by atoms with Gasteiger partial charge in [-0.15, -0.1) is 0 Å². The van der Waals surface area contributed by atoms with Crippen molar-refractivity contribution in [1.29, 1.82) is 0 Å². The molecule has 0 aromatic heterocycles. The summed E-state index contributed by atoms with van der Waals surface area (Å²) in [5.41, 5.74) is 0.0277. The first kappa shape index (κ1) is 26.9. The number of urea groups is 1. The molecule has 176 valence electrons. The maximum atomic E-state index is 12.3. The van der Waals surface area contributed by atoms with Gasteiger partial charge in [-0.25, -0.2) is 4.79 Å². The molecule has 0 atom stereocenters. The van der Waals surface area contributed by atoms with Gasteiger partial charge in [0.1, 0.15) is 5.57 Å². The van der Waals surface area contributed by atoms with E-state index in [1.807, 2.05) is 6.20 Å². The van der Waals surface area contributed by atoms with Crippen molar-refractivity contribution in [3.05, 3.63) is 23.9 Å². The van der Waals surface area contributed by atoms with Crippen LogP contribution in [0.3, 0.4) is 0 Å². The largest absolute Gasteiger partial charge is 0.377 e. The minimum Gasteiger partial charge on any atom is -0.377 e. The van der Waals surface area contributed by atoms with Crippen molar-refractivity contribution < 1.29 is 14.4 Å². The Kier molecular flexibility index (Phi) is 13.6. The van der Waals surface area contributed by atoms with E-state index in [9.17, 15) is 14.4 Å². The molecule has 0 bridgehead atoms. The molecule has 1 fully saturated rings. The van der Waals surface area contributed by atoms with E-state index in [4.69, 9.17) is 0 Å². The number of imide groups is 2. The van der Waals surface area contributed by atoms with Gasteiger partial charge in [0.05, 0.1) is 0 Å². The Morgan fingerprint density at radius 1 is 0.677 bits per heavy atom. The van der Waals surface area contributed by atoms with Crippen LogP contribution >= 0.6 is 0 Å². The fourth-order valence-electron chi connectivity index (χ4n) is 3.71. The molecule has 1 rings (SSSR count). The van der Waals surface area contributed by atoms with Gasteiger partial charge in [-0.2, -0.15) is 0 Å². The van der Waals surface area contributed by atoms with Gasteiger partial charge in [0.2, 0.25) is 0 Å². The molecule has 0 saturated carbocycles. The van der Waals surface area contributed by atoms with E-state index in [0.717, 1.165) is 35.7 Å². The quantitative estimate of drug-likeness (QED) is 0.183. The summed E-state index contributed by atoms with van der Waals surface area (Å²) in [7, 11) is 2.79. The summed E-state index contributed by atoms with van der Waals surface area (Å²) in [5, 5.41) is 0. The third-order valence-electron chi connectivity index (χ3n) is 5.80. The first-order chi connectivity index (χ1) is 14.9. The van der Waals surface area contributed by atoms with Crippen molar-refractivity contribution in [2.75, 3.05) is 27.2 Å². The molecule has 1 aliphatic heterocycles. The third-order valence-corrected chi connectivity index (χ3v) is 5.80. The molecule has 1 saturated heterocycles. The zero-order valence-electron chi connectivity index (χ0n) is 20.2. The molecule has 6 nitrogen and oxygen atoms in total. The minimum atomic E-state index is -0.594. The summed E-state index contributed by atoms with van der Waals surface area (Å²) in [6.45, 7) is 6.44. The molecule has 0 N–H and O–H groups in total. The molecule has 0 aromatic rings. The van der Waals surface area contributed by atoms with E-state index in [1.165, 1.54) is 78.3 Å². The van der Waals surface area contributed by atoms with Crippen LogP contribution in [0.25, 0.3) is 0 Å². The summed E-state index contributed by atoms with van der Waals surface area (Å²) >= 11 is 0. The fraction of sp³-hybridized carbons (Fsp3) is 0.720. The van der Waals surface area contributed by atoms with Crippen molar-refractivity contribution in [1.82, 2.24) is 14.7 Å². The molecule has 0 spiro atoms.